The van der Waals surface area contributed by atoms with Crippen LogP contribution in [0.1, 0.15) is 21.5 Å². The molecule has 11 heteroatoms. The smallest absolute Gasteiger partial charge is 0.310 e. The molecule has 2 amide bonds. The fourth-order valence-electron chi connectivity index (χ4n) is 2.56. The molecular weight excluding hydrogens is 486 g/mol. The Kier molecular flexibility index (Phi) is 8.41. The number of nitrogens with zero attached hydrogens (tertiary/aromatic N) is 3. The number of anilines is 1. The first-order valence-corrected chi connectivity index (χ1v) is 9.86. The van der Waals surface area contributed by atoms with Crippen LogP contribution in [0, 0.1) is 35.0 Å². The molecule has 31 heavy (non-hydrogen) atoms. The second-order valence-corrected chi connectivity index (χ2v) is 7.35. The SMILES string of the molecule is Cc1cc(C#N)cc(C(=O)NCC#N)c1NC(=O)C(=CC(=N)Br)[NH2+]c1ncccc1Cl. The highest BCUT2D eigenvalue weighted by molar-refractivity contribution is 9.18. The number of rotatable bonds is 7. The lowest BCUT2D eigenvalue weighted by Crippen LogP contribution is -2.78. The van der Waals surface area contributed by atoms with Crippen LogP contribution in [0.3, 0.4) is 0 Å². The van der Waals surface area contributed by atoms with E-state index in [-0.39, 0.29) is 33.7 Å². The number of benzene rings is 1. The molecule has 0 unspecified atom stereocenters. The highest BCUT2D eigenvalue weighted by Gasteiger charge is 2.23. The lowest BCUT2D eigenvalue weighted by atomic mass is 10.0. The number of pyridine rings is 1. The van der Waals surface area contributed by atoms with Gasteiger partial charge in [-0.3, -0.25) is 20.3 Å². The maximum absolute atomic E-state index is 13.0. The highest BCUT2D eigenvalue weighted by atomic mass is 79.9. The Balaban J connectivity index is 2.44. The third-order valence-corrected chi connectivity index (χ3v) is 4.45. The molecule has 0 fully saturated rings. The molecule has 156 valence electrons. The molecule has 0 atom stereocenters. The van der Waals surface area contributed by atoms with Crippen molar-refractivity contribution >= 4 is 55.5 Å². The number of quaternary nitrogens is 1. The predicted octanol–water partition coefficient (Wildman–Crippen LogP) is 2.26. The maximum Gasteiger partial charge on any atom is 0.310 e. The summed E-state index contributed by atoms with van der Waals surface area (Å²) in [7, 11) is 0. The molecule has 9 nitrogen and oxygen atoms in total. The summed E-state index contributed by atoms with van der Waals surface area (Å²) >= 11 is 9.10. The van der Waals surface area contributed by atoms with Crippen molar-refractivity contribution in [2.75, 3.05) is 11.9 Å². The van der Waals surface area contributed by atoms with Gasteiger partial charge in [0, 0.05) is 12.3 Å². The number of hydrogen-bond acceptors (Lipinski definition) is 6. The summed E-state index contributed by atoms with van der Waals surface area (Å²) in [6.45, 7) is 1.40. The number of allylic oxidation sites excluding steroid dienone is 1. The molecule has 2 aromatic rings. The zero-order chi connectivity index (χ0) is 23.0. The number of nitrogens with two attached hydrogens (primary N) is 1. The van der Waals surface area contributed by atoms with E-state index in [0.717, 1.165) is 0 Å². The molecule has 0 spiro atoms. The van der Waals surface area contributed by atoms with Gasteiger partial charge in [-0.25, -0.2) is 4.98 Å². The van der Waals surface area contributed by atoms with Crippen LogP contribution < -0.4 is 16.0 Å². The van der Waals surface area contributed by atoms with E-state index in [1.807, 2.05) is 6.07 Å². The lowest BCUT2D eigenvalue weighted by Gasteiger charge is -2.14. The van der Waals surface area contributed by atoms with Gasteiger partial charge in [-0.15, -0.1) is 0 Å². The minimum atomic E-state index is -0.631. The minimum absolute atomic E-state index is 0.0317. The maximum atomic E-state index is 13.0. The standard InChI is InChI=1S/C20H15BrClN7O2/c1-11-7-12(10-24)8-13(19(30)27-6-4-23)17(11)29-20(31)15(9-16(21)25)28-18-14(22)3-2-5-26-18/h2-3,5,7-9,25H,6H2,1H3,(H,26,28)(H,27,30)(H,29,31)/p+1. The number of amides is 2. The molecule has 0 saturated heterocycles. The van der Waals surface area contributed by atoms with Crippen LogP contribution in [-0.2, 0) is 4.79 Å². The van der Waals surface area contributed by atoms with E-state index in [0.29, 0.717) is 16.4 Å². The van der Waals surface area contributed by atoms with Gasteiger partial charge < -0.3 is 10.6 Å². The van der Waals surface area contributed by atoms with Crippen LogP contribution in [0.5, 0.6) is 0 Å². The monoisotopic (exact) mass is 500 g/mol. The normalized spacial score (nSPS) is 10.5. The molecule has 0 aliphatic rings. The van der Waals surface area contributed by atoms with Gasteiger partial charge in [0.15, 0.2) is 0 Å². The Labute approximate surface area is 191 Å². The molecule has 1 aromatic carbocycles. The third-order valence-electron chi connectivity index (χ3n) is 3.90. The summed E-state index contributed by atoms with van der Waals surface area (Å²) < 4.78 is -0.0653. The molecule has 0 aliphatic heterocycles. The number of carbonyl (C=O) groups is 2. The zero-order valence-electron chi connectivity index (χ0n) is 16.2. The Bertz CT molecular complexity index is 1170. The second kappa shape index (κ2) is 11.0. The van der Waals surface area contributed by atoms with Crippen LogP contribution in [0.15, 0.2) is 42.2 Å². The average Bonchev–Trinajstić information content (AvgIpc) is 2.73. The van der Waals surface area contributed by atoms with Crippen molar-refractivity contribution < 1.29 is 14.9 Å². The number of nitriles is 2. The molecular formula is C20H16BrClN7O2+. The van der Waals surface area contributed by atoms with Crippen molar-refractivity contribution in [3.8, 4) is 12.1 Å². The molecule has 0 saturated carbocycles. The van der Waals surface area contributed by atoms with Crippen molar-refractivity contribution in [2.45, 2.75) is 6.92 Å². The third kappa shape index (κ3) is 6.46. The number of aryl methyl sites for hydroxylation is 1. The Morgan fingerprint density at radius 3 is 2.74 bits per heavy atom. The molecule has 5 N–H and O–H groups in total. The van der Waals surface area contributed by atoms with E-state index in [9.17, 15) is 14.9 Å². The van der Waals surface area contributed by atoms with Gasteiger partial charge in [0.1, 0.15) is 16.2 Å². The van der Waals surface area contributed by atoms with Crippen molar-refractivity contribution in [1.82, 2.24) is 10.3 Å². The first-order valence-electron chi connectivity index (χ1n) is 8.69. The van der Waals surface area contributed by atoms with Crippen LogP contribution in [-0.4, -0.2) is 28.0 Å². The highest BCUT2D eigenvalue weighted by Crippen LogP contribution is 2.23. The summed E-state index contributed by atoms with van der Waals surface area (Å²) in [5, 5.41) is 32.3. The topological polar surface area (TPSA) is 159 Å². The van der Waals surface area contributed by atoms with E-state index >= 15 is 0 Å². The first kappa shape index (κ1) is 23.7. The van der Waals surface area contributed by atoms with Crippen LogP contribution in [0.25, 0.3) is 0 Å². The summed E-state index contributed by atoms with van der Waals surface area (Å²) in [6, 6.07) is 9.85. The van der Waals surface area contributed by atoms with Gasteiger partial charge in [-0.2, -0.15) is 10.5 Å². The van der Waals surface area contributed by atoms with E-state index in [2.05, 4.69) is 31.5 Å². The van der Waals surface area contributed by atoms with Gasteiger partial charge in [-0.05, 0) is 52.7 Å². The largest absolute Gasteiger partial charge is 0.339 e. The number of halogens is 2. The second-order valence-electron chi connectivity index (χ2n) is 6.08. The quantitative estimate of drug-likeness (QED) is 0.260. The van der Waals surface area contributed by atoms with Gasteiger partial charge >= 0.3 is 5.91 Å². The molecule has 1 heterocycles. The average molecular weight is 502 g/mol. The van der Waals surface area contributed by atoms with Crippen LogP contribution in [0.4, 0.5) is 11.5 Å². The van der Waals surface area contributed by atoms with Crippen molar-refractivity contribution in [1.29, 1.82) is 15.9 Å². The van der Waals surface area contributed by atoms with E-state index in [1.54, 1.807) is 25.1 Å². The summed E-state index contributed by atoms with van der Waals surface area (Å²) in [5.41, 5.74) is 0.951. The van der Waals surface area contributed by atoms with Gasteiger partial charge in [-0.1, -0.05) is 11.6 Å². The molecule has 0 radical (unpaired) electrons. The number of carbonyl (C=O) groups excluding carboxylic acids is 2. The number of aromatic nitrogens is 1. The summed E-state index contributed by atoms with van der Waals surface area (Å²) in [5.74, 6) is -0.927. The first-order chi connectivity index (χ1) is 14.8. The van der Waals surface area contributed by atoms with E-state index in [4.69, 9.17) is 22.3 Å². The lowest BCUT2D eigenvalue weighted by molar-refractivity contribution is -0.514. The Morgan fingerprint density at radius 1 is 1.39 bits per heavy atom. The van der Waals surface area contributed by atoms with Gasteiger partial charge in [0.2, 0.25) is 11.5 Å². The minimum Gasteiger partial charge on any atom is -0.339 e. The van der Waals surface area contributed by atoms with E-state index in [1.165, 1.54) is 29.7 Å². The van der Waals surface area contributed by atoms with Gasteiger partial charge in [0.05, 0.1) is 29.0 Å². The Hall–Kier alpha value is -3.57. The van der Waals surface area contributed by atoms with Crippen molar-refractivity contribution in [2.24, 2.45) is 0 Å². The predicted molar refractivity (Wildman–Crippen MR) is 118 cm³/mol. The molecule has 0 bridgehead atoms. The summed E-state index contributed by atoms with van der Waals surface area (Å²) in [4.78, 5) is 29.6. The number of hydrogen-bond donors (Lipinski definition) is 4. The zero-order valence-corrected chi connectivity index (χ0v) is 18.5. The van der Waals surface area contributed by atoms with Gasteiger partial charge in [0.25, 0.3) is 5.91 Å². The van der Waals surface area contributed by atoms with E-state index < -0.39 is 11.8 Å². The fourth-order valence-corrected chi connectivity index (χ4v) is 2.98. The fraction of sp³-hybridized carbons (Fsp3) is 0.100. The molecule has 1 aromatic heterocycles. The van der Waals surface area contributed by atoms with Crippen molar-refractivity contribution in [3.05, 3.63) is 63.9 Å². The van der Waals surface area contributed by atoms with Crippen LogP contribution >= 0.6 is 27.5 Å². The van der Waals surface area contributed by atoms with Crippen molar-refractivity contribution in [3.63, 3.8) is 0 Å². The molecule has 0 aliphatic carbocycles. The summed E-state index contributed by atoms with van der Waals surface area (Å²) in [6.07, 6.45) is 2.77. The Morgan fingerprint density at radius 2 is 2.13 bits per heavy atom. The molecule has 2 rings (SSSR count). The van der Waals surface area contributed by atoms with Crippen LogP contribution in [0.2, 0.25) is 5.02 Å². The number of nitrogens with one attached hydrogen (secondary N) is 3.